The van der Waals surface area contributed by atoms with Gasteiger partial charge in [-0.15, -0.1) is 5.10 Å². The van der Waals surface area contributed by atoms with E-state index < -0.39 is 6.10 Å². The van der Waals surface area contributed by atoms with Gasteiger partial charge in [-0.2, -0.15) is 0 Å². The number of β-amino-alcohol motifs (C(OH)–C–C–N with tert-alkyl or cyclic N) is 1. The summed E-state index contributed by atoms with van der Waals surface area (Å²) >= 11 is 1.33. The number of carbonyl (C=O) groups excluding carboxylic acids is 2. The summed E-state index contributed by atoms with van der Waals surface area (Å²) in [5.74, 6) is -0.412. The molecule has 0 spiro atoms. The van der Waals surface area contributed by atoms with Crippen molar-refractivity contribution in [3.63, 3.8) is 0 Å². The molecule has 1 N–H and O–H groups in total. The van der Waals surface area contributed by atoms with Gasteiger partial charge in [0.15, 0.2) is 0 Å². The van der Waals surface area contributed by atoms with Gasteiger partial charge in [0.25, 0.3) is 11.8 Å². The Balaban J connectivity index is 1.38. The molecule has 2 heterocycles. The first-order valence-electron chi connectivity index (χ1n) is 7.69. The maximum Gasteiger partial charge on any atom is 0.261 e. The van der Waals surface area contributed by atoms with Gasteiger partial charge in [-0.3, -0.25) is 14.5 Å². The highest BCUT2D eigenvalue weighted by atomic mass is 32.2. The first-order chi connectivity index (χ1) is 11.6. The Hall–Kier alpha value is -2.26. The van der Waals surface area contributed by atoms with Crippen LogP contribution < -0.4 is 0 Å². The van der Waals surface area contributed by atoms with Gasteiger partial charge < -0.3 is 5.11 Å². The van der Waals surface area contributed by atoms with Crippen LogP contribution in [0.15, 0.2) is 29.4 Å². The number of aliphatic hydroxyl groups excluding tert-OH is 1. The molecule has 1 saturated carbocycles. The Kier molecular flexibility index (Phi) is 3.81. The van der Waals surface area contributed by atoms with Crippen LogP contribution in [0.1, 0.15) is 39.6 Å². The number of benzene rings is 1. The van der Waals surface area contributed by atoms with Crippen LogP contribution in [0.3, 0.4) is 0 Å². The first kappa shape index (κ1) is 15.3. The summed E-state index contributed by atoms with van der Waals surface area (Å²) in [5.41, 5.74) is 0.778. The van der Waals surface area contributed by atoms with E-state index in [0.29, 0.717) is 28.1 Å². The minimum Gasteiger partial charge on any atom is -0.390 e. The molecule has 0 radical (unpaired) electrons. The summed E-state index contributed by atoms with van der Waals surface area (Å²) in [4.78, 5) is 25.7. The van der Waals surface area contributed by atoms with Gasteiger partial charge in [0, 0.05) is 5.75 Å². The zero-order chi connectivity index (χ0) is 16.7. The van der Waals surface area contributed by atoms with Crippen LogP contribution in [0.5, 0.6) is 0 Å². The predicted molar refractivity (Wildman–Crippen MR) is 84.6 cm³/mol. The minimum atomic E-state index is -0.846. The third kappa shape index (κ3) is 2.69. The lowest BCUT2D eigenvalue weighted by Crippen LogP contribution is -2.37. The molecule has 2 amide bonds. The molecule has 1 atom stereocenters. The van der Waals surface area contributed by atoms with Crippen molar-refractivity contribution in [3.05, 3.63) is 35.4 Å². The van der Waals surface area contributed by atoms with Crippen LogP contribution in [0.2, 0.25) is 0 Å². The second-order valence-electron chi connectivity index (χ2n) is 5.87. The lowest BCUT2D eigenvalue weighted by atomic mass is 10.1. The molecule has 2 aliphatic rings. The smallest absolute Gasteiger partial charge is 0.261 e. The molecule has 1 aromatic heterocycles. The highest BCUT2D eigenvalue weighted by Gasteiger charge is 2.36. The number of rotatable bonds is 6. The molecule has 8 nitrogen and oxygen atoms in total. The predicted octanol–water partition coefficient (Wildman–Crippen LogP) is 0.757. The van der Waals surface area contributed by atoms with Crippen molar-refractivity contribution in [1.82, 2.24) is 25.1 Å². The summed E-state index contributed by atoms with van der Waals surface area (Å²) in [6, 6.07) is 7.05. The van der Waals surface area contributed by atoms with E-state index in [-0.39, 0.29) is 18.4 Å². The van der Waals surface area contributed by atoms with Crippen molar-refractivity contribution in [2.45, 2.75) is 30.1 Å². The van der Waals surface area contributed by atoms with Gasteiger partial charge >= 0.3 is 0 Å². The lowest BCUT2D eigenvalue weighted by molar-refractivity contribution is 0.0567. The molecule has 1 aromatic carbocycles. The topological polar surface area (TPSA) is 101 Å². The van der Waals surface area contributed by atoms with Crippen LogP contribution in [-0.2, 0) is 0 Å². The number of hydrogen-bond acceptors (Lipinski definition) is 7. The van der Waals surface area contributed by atoms with Crippen molar-refractivity contribution in [2.24, 2.45) is 0 Å². The maximum atomic E-state index is 12.3. The molecule has 24 heavy (non-hydrogen) atoms. The van der Waals surface area contributed by atoms with Crippen molar-refractivity contribution in [3.8, 4) is 0 Å². The van der Waals surface area contributed by atoms with Crippen molar-refractivity contribution < 1.29 is 14.7 Å². The van der Waals surface area contributed by atoms with Crippen molar-refractivity contribution >= 4 is 23.6 Å². The summed E-state index contributed by atoms with van der Waals surface area (Å²) in [6.07, 6.45) is 1.29. The van der Waals surface area contributed by atoms with E-state index in [1.54, 1.807) is 28.9 Å². The second kappa shape index (κ2) is 5.99. The Morgan fingerprint density at radius 2 is 1.88 bits per heavy atom. The number of amides is 2. The van der Waals surface area contributed by atoms with Gasteiger partial charge in [0.05, 0.1) is 29.8 Å². The largest absolute Gasteiger partial charge is 0.390 e. The first-order valence-corrected chi connectivity index (χ1v) is 8.67. The highest BCUT2D eigenvalue weighted by molar-refractivity contribution is 7.99. The van der Waals surface area contributed by atoms with Gasteiger partial charge in [-0.25, -0.2) is 4.68 Å². The van der Waals surface area contributed by atoms with Crippen LogP contribution in [0.4, 0.5) is 0 Å². The number of tetrazole rings is 1. The molecule has 1 aliphatic heterocycles. The van der Waals surface area contributed by atoms with Gasteiger partial charge in [-0.1, -0.05) is 23.9 Å². The fourth-order valence-corrected chi connectivity index (χ4v) is 3.53. The fraction of sp³-hybridized carbons (Fsp3) is 0.400. The van der Waals surface area contributed by atoms with Gasteiger partial charge in [0.2, 0.25) is 5.16 Å². The summed E-state index contributed by atoms with van der Waals surface area (Å²) in [6.45, 7) is -0.0374. The third-order valence-corrected chi connectivity index (χ3v) is 5.11. The van der Waals surface area contributed by atoms with Crippen LogP contribution >= 0.6 is 11.8 Å². The van der Waals surface area contributed by atoms with Crippen LogP contribution in [-0.4, -0.2) is 60.4 Å². The molecule has 1 aliphatic carbocycles. The quantitative estimate of drug-likeness (QED) is 0.609. The molecule has 1 fully saturated rings. The molecule has 0 saturated heterocycles. The zero-order valence-electron chi connectivity index (χ0n) is 12.7. The second-order valence-corrected chi connectivity index (χ2v) is 6.86. The average molecular weight is 345 g/mol. The molecule has 9 heteroatoms. The Morgan fingerprint density at radius 3 is 2.50 bits per heavy atom. The number of hydrogen-bond donors (Lipinski definition) is 1. The van der Waals surface area contributed by atoms with Crippen molar-refractivity contribution in [1.29, 1.82) is 0 Å². The summed E-state index contributed by atoms with van der Waals surface area (Å²) < 4.78 is 1.76. The monoisotopic (exact) mass is 345 g/mol. The number of fused-ring (bicyclic) bond motifs is 1. The van der Waals surface area contributed by atoms with E-state index in [9.17, 15) is 14.7 Å². The molecular formula is C15H15N5O3S. The van der Waals surface area contributed by atoms with Gasteiger partial charge in [-0.05, 0) is 35.4 Å². The third-order valence-electron chi connectivity index (χ3n) is 4.03. The number of aromatic nitrogens is 4. The van der Waals surface area contributed by atoms with E-state index in [1.165, 1.54) is 11.8 Å². The number of aliphatic hydroxyl groups is 1. The Labute approximate surface area is 141 Å². The van der Waals surface area contributed by atoms with E-state index in [0.717, 1.165) is 17.7 Å². The molecule has 0 unspecified atom stereocenters. The summed E-state index contributed by atoms with van der Waals surface area (Å²) in [5, 5.41) is 22.4. The zero-order valence-corrected chi connectivity index (χ0v) is 13.5. The van der Waals surface area contributed by atoms with Gasteiger partial charge in [0.1, 0.15) is 0 Å². The SMILES string of the molecule is O=C1c2ccccc2C(=O)N1C[C@H](O)CSc1nnnn1C1CC1. The van der Waals surface area contributed by atoms with E-state index in [2.05, 4.69) is 15.5 Å². The number of nitrogens with zero attached hydrogens (tertiary/aromatic N) is 5. The Bertz CT molecular complexity index is 769. The molecular weight excluding hydrogens is 330 g/mol. The van der Waals surface area contributed by atoms with Crippen molar-refractivity contribution in [2.75, 3.05) is 12.3 Å². The number of thioether (sulfide) groups is 1. The van der Waals surface area contributed by atoms with E-state index in [4.69, 9.17) is 0 Å². The molecule has 2 aromatic rings. The maximum absolute atomic E-state index is 12.3. The number of imide groups is 1. The highest BCUT2D eigenvalue weighted by Crippen LogP contribution is 2.36. The van der Waals surface area contributed by atoms with E-state index >= 15 is 0 Å². The Morgan fingerprint density at radius 1 is 1.21 bits per heavy atom. The van der Waals surface area contributed by atoms with Crippen LogP contribution in [0.25, 0.3) is 0 Å². The normalized spacial score (nSPS) is 18.1. The standard InChI is InChI=1S/C15H15N5O3S/c21-10(8-24-15-16-17-18-20(15)9-5-6-9)7-19-13(22)11-3-1-2-4-12(11)14(19)23/h1-4,9-10,21H,5-8H2/t10-/m0/s1. The number of carbonyl (C=O) groups is 2. The fourth-order valence-electron chi connectivity index (χ4n) is 2.67. The molecule has 0 bridgehead atoms. The molecule has 4 rings (SSSR count). The van der Waals surface area contributed by atoms with Crippen LogP contribution in [0, 0.1) is 0 Å². The average Bonchev–Trinajstić information content (AvgIpc) is 3.29. The summed E-state index contributed by atoms with van der Waals surface area (Å²) in [7, 11) is 0. The minimum absolute atomic E-state index is 0.0374. The molecule has 124 valence electrons. The lowest BCUT2D eigenvalue weighted by Gasteiger charge is -2.18. The van der Waals surface area contributed by atoms with E-state index in [1.807, 2.05) is 0 Å².